The van der Waals surface area contributed by atoms with E-state index in [1.165, 1.54) is 22.1 Å². The maximum Gasteiger partial charge on any atom is 0.413 e. The Morgan fingerprint density at radius 1 is 1.14 bits per heavy atom. The molecule has 0 radical (unpaired) electrons. The Morgan fingerprint density at radius 3 is 2.45 bits per heavy atom. The van der Waals surface area contributed by atoms with Gasteiger partial charge in [0, 0.05) is 11.6 Å². The Labute approximate surface area is 173 Å². The second-order valence-corrected chi connectivity index (χ2v) is 8.78. The Kier molecular flexibility index (Phi) is 5.83. The highest BCUT2D eigenvalue weighted by Crippen LogP contribution is 2.38. The smallest absolute Gasteiger partial charge is 0.413 e. The largest absolute Gasteiger partial charge is 0.444 e. The van der Waals surface area contributed by atoms with Gasteiger partial charge in [0.15, 0.2) is 5.13 Å². The maximum absolute atomic E-state index is 12.2. The summed E-state index contributed by atoms with van der Waals surface area (Å²) in [5.74, 6) is 0. The lowest BCUT2D eigenvalue weighted by Gasteiger charge is -2.18. The van der Waals surface area contributed by atoms with E-state index in [1.807, 2.05) is 44.2 Å². The van der Waals surface area contributed by atoms with Gasteiger partial charge in [0.05, 0.1) is 16.6 Å². The summed E-state index contributed by atoms with van der Waals surface area (Å²) in [5.41, 5.74) is 1.41. The van der Waals surface area contributed by atoms with Gasteiger partial charge < -0.3 is 4.74 Å². The molecule has 7 nitrogen and oxygen atoms in total. The van der Waals surface area contributed by atoms with Crippen molar-refractivity contribution in [2.75, 3.05) is 5.32 Å². The van der Waals surface area contributed by atoms with Crippen LogP contribution in [0.3, 0.4) is 0 Å². The monoisotopic (exact) mass is 412 g/mol. The van der Waals surface area contributed by atoms with Crippen LogP contribution in [0.4, 0.5) is 9.93 Å². The van der Waals surface area contributed by atoms with Gasteiger partial charge in [-0.2, -0.15) is 5.10 Å². The molecular weight excluding hydrogens is 388 g/mol. The van der Waals surface area contributed by atoms with E-state index in [9.17, 15) is 9.59 Å². The first kappa shape index (κ1) is 20.7. The van der Waals surface area contributed by atoms with Crippen molar-refractivity contribution in [2.24, 2.45) is 0 Å². The van der Waals surface area contributed by atoms with Crippen LogP contribution in [-0.4, -0.2) is 26.5 Å². The highest BCUT2D eigenvalue weighted by Gasteiger charge is 2.21. The summed E-state index contributed by atoms with van der Waals surface area (Å²) in [7, 11) is 0. The van der Waals surface area contributed by atoms with Crippen LogP contribution in [0.25, 0.3) is 21.8 Å². The number of amides is 1. The third-order valence-electron chi connectivity index (χ3n) is 3.83. The van der Waals surface area contributed by atoms with Crippen molar-refractivity contribution in [3.05, 3.63) is 52.8 Å². The van der Waals surface area contributed by atoms with Gasteiger partial charge in [-0.25, -0.2) is 14.5 Å². The van der Waals surface area contributed by atoms with Crippen molar-refractivity contribution < 1.29 is 9.53 Å². The van der Waals surface area contributed by atoms with Crippen LogP contribution in [0, 0.1) is 0 Å². The molecule has 1 amide bonds. The number of hydrogen-bond acceptors (Lipinski definition) is 6. The van der Waals surface area contributed by atoms with Crippen LogP contribution in [0.2, 0.25) is 0 Å². The lowest BCUT2D eigenvalue weighted by molar-refractivity contribution is 0.0636. The van der Waals surface area contributed by atoms with Gasteiger partial charge in [-0.1, -0.05) is 41.7 Å². The molecule has 0 aliphatic heterocycles. The molecule has 0 atom stereocenters. The predicted octanol–water partition coefficient (Wildman–Crippen LogP) is 4.96. The molecule has 1 N–H and O–H groups in total. The number of anilines is 1. The zero-order valence-electron chi connectivity index (χ0n) is 17.1. The van der Waals surface area contributed by atoms with E-state index in [-0.39, 0.29) is 11.6 Å². The molecule has 2 aromatic heterocycles. The number of ether oxygens (including phenoxy) is 1. The highest BCUT2D eigenvalue weighted by molar-refractivity contribution is 7.19. The second kappa shape index (κ2) is 8.16. The van der Waals surface area contributed by atoms with Crippen LogP contribution in [0.15, 0.2) is 47.3 Å². The summed E-state index contributed by atoms with van der Waals surface area (Å²) in [6.45, 7) is 9.20. The fraction of sp³-hybridized carbons (Fsp3) is 0.333. The van der Waals surface area contributed by atoms with Crippen molar-refractivity contribution in [1.82, 2.24) is 14.8 Å². The quantitative estimate of drug-likeness (QED) is 0.654. The number of aromatic nitrogens is 3. The molecule has 0 fully saturated rings. The Balaban J connectivity index is 2.06. The molecule has 29 heavy (non-hydrogen) atoms. The number of thiazole rings is 1. The zero-order chi connectivity index (χ0) is 21.2. The third kappa shape index (κ3) is 5.08. The molecule has 0 saturated carbocycles. The highest BCUT2D eigenvalue weighted by atomic mass is 32.1. The van der Waals surface area contributed by atoms with E-state index in [4.69, 9.17) is 4.74 Å². The van der Waals surface area contributed by atoms with E-state index in [2.05, 4.69) is 15.4 Å². The van der Waals surface area contributed by atoms with Gasteiger partial charge in [-0.15, -0.1) is 0 Å². The van der Waals surface area contributed by atoms with Crippen molar-refractivity contribution in [3.8, 4) is 21.8 Å². The van der Waals surface area contributed by atoms with E-state index in [1.54, 1.807) is 26.8 Å². The Morgan fingerprint density at radius 2 is 1.83 bits per heavy atom. The standard InChI is InChI=1S/C21H24N4O3S/c1-13(2)25-16(26)12-11-15(24-25)18-17(14-9-7-6-8-10-14)22-19(29-18)23-20(27)28-21(3,4)5/h6-13H,1-5H3,(H,22,23,27). The van der Waals surface area contributed by atoms with Crippen LogP contribution in [0.1, 0.15) is 40.7 Å². The fourth-order valence-electron chi connectivity index (χ4n) is 2.65. The van der Waals surface area contributed by atoms with Gasteiger partial charge in [0.2, 0.25) is 0 Å². The van der Waals surface area contributed by atoms with E-state index >= 15 is 0 Å². The van der Waals surface area contributed by atoms with Gasteiger partial charge in [-0.3, -0.25) is 10.1 Å². The molecule has 152 valence electrons. The Bertz CT molecular complexity index is 1070. The van der Waals surface area contributed by atoms with Crippen molar-refractivity contribution in [2.45, 2.75) is 46.3 Å². The zero-order valence-corrected chi connectivity index (χ0v) is 17.9. The molecule has 0 unspecified atom stereocenters. The van der Waals surface area contributed by atoms with Crippen LogP contribution >= 0.6 is 11.3 Å². The number of nitrogens with one attached hydrogen (secondary N) is 1. The number of nitrogens with zero attached hydrogens (tertiary/aromatic N) is 3. The van der Waals surface area contributed by atoms with E-state index in [0.717, 1.165) is 10.4 Å². The molecule has 0 spiro atoms. The van der Waals surface area contributed by atoms with Gasteiger partial charge in [-0.05, 0) is 40.7 Å². The maximum atomic E-state index is 12.2. The lowest BCUT2D eigenvalue weighted by Crippen LogP contribution is -2.27. The summed E-state index contributed by atoms with van der Waals surface area (Å²) < 4.78 is 6.76. The second-order valence-electron chi connectivity index (χ2n) is 7.78. The minimum absolute atomic E-state index is 0.0742. The predicted molar refractivity (Wildman–Crippen MR) is 115 cm³/mol. The number of rotatable bonds is 4. The molecule has 3 rings (SSSR count). The molecule has 0 aliphatic carbocycles. The van der Waals surface area contributed by atoms with E-state index < -0.39 is 11.7 Å². The summed E-state index contributed by atoms with van der Waals surface area (Å²) >= 11 is 1.29. The molecule has 2 heterocycles. The molecule has 0 aliphatic rings. The minimum Gasteiger partial charge on any atom is -0.444 e. The summed E-state index contributed by atoms with van der Waals surface area (Å²) in [5, 5.41) is 7.61. The Hall–Kier alpha value is -3.00. The first-order chi connectivity index (χ1) is 13.6. The molecule has 8 heteroatoms. The van der Waals surface area contributed by atoms with Crippen LogP contribution < -0.4 is 10.9 Å². The number of benzene rings is 1. The van der Waals surface area contributed by atoms with Gasteiger partial charge >= 0.3 is 6.09 Å². The minimum atomic E-state index is -0.610. The summed E-state index contributed by atoms with van der Waals surface area (Å²) in [4.78, 5) is 29.6. The van der Waals surface area contributed by atoms with Crippen molar-refractivity contribution in [3.63, 3.8) is 0 Å². The van der Waals surface area contributed by atoms with Gasteiger partial charge in [0.1, 0.15) is 11.3 Å². The van der Waals surface area contributed by atoms with Crippen molar-refractivity contribution in [1.29, 1.82) is 0 Å². The van der Waals surface area contributed by atoms with Crippen LogP contribution in [0.5, 0.6) is 0 Å². The van der Waals surface area contributed by atoms with Gasteiger partial charge in [0.25, 0.3) is 5.56 Å². The van der Waals surface area contributed by atoms with Crippen LogP contribution in [-0.2, 0) is 4.74 Å². The third-order valence-corrected chi connectivity index (χ3v) is 4.82. The molecule has 0 saturated heterocycles. The number of carbonyl (C=O) groups excluding carboxylic acids is 1. The van der Waals surface area contributed by atoms with E-state index in [0.29, 0.717) is 16.5 Å². The topological polar surface area (TPSA) is 86.1 Å². The summed E-state index contributed by atoms with van der Waals surface area (Å²) in [6, 6.07) is 12.7. The number of hydrogen-bond donors (Lipinski definition) is 1. The molecule has 1 aromatic carbocycles. The first-order valence-electron chi connectivity index (χ1n) is 9.30. The average Bonchev–Trinajstić information content (AvgIpc) is 3.04. The first-order valence-corrected chi connectivity index (χ1v) is 10.1. The molecular formula is C21H24N4O3S. The molecule has 0 bridgehead atoms. The normalized spacial score (nSPS) is 11.5. The SMILES string of the molecule is CC(C)n1nc(-c2sc(NC(=O)OC(C)(C)C)nc2-c2ccccc2)ccc1=O. The average molecular weight is 413 g/mol. The summed E-state index contributed by atoms with van der Waals surface area (Å²) in [6.07, 6.45) is -0.572. The molecule has 3 aromatic rings. The fourth-order valence-corrected chi connectivity index (χ4v) is 3.58. The lowest BCUT2D eigenvalue weighted by atomic mass is 10.1. The number of carbonyl (C=O) groups is 1. The van der Waals surface area contributed by atoms with Crippen molar-refractivity contribution >= 4 is 22.6 Å².